The zero-order valence-electron chi connectivity index (χ0n) is 13.5. The van der Waals surface area contributed by atoms with E-state index in [2.05, 4.69) is 19.2 Å². The lowest BCUT2D eigenvalue weighted by Crippen LogP contribution is -2.29. The monoisotopic (exact) mass is 307 g/mol. The molecule has 3 aromatic rings. The lowest BCUT2D eigenvalue weighted by Gasteiger charge is -2.20. The Morgan fingerprint density at radius 2 is 1.74 bits per heavy atom. The predicted molar refractivity (Wildman–Crippen MR) is 92.3 cm³/mol. The summed E-state index contributed by atoms with van der Waals surface area (Å²) in [5.74, 6) is 0.669. The summed E-state index contributed by atoms with van der Waals surface area (Å²) < 4.78 is 5.66. The van der Waals surface area contributed by atoms with Gasteiger partial charge in [0.25, 0.3) is 5.91 Å². The van der Waals surface area contributed by atoms with Gasteiger partial charge in [-0.25, -0.2) is 0 Å². The number of rotatable bonds is 5. The van der Waals surface area contributed by atoms with Gasteiger partial charge in [-0.15, -0.1) is 0 Å². The molecule has 1 heterocycles. The maximum absolute atomic E-state index is 12.6. The van der Waals surface area contributed by atoms with Crippen molar-refractivity contribution in [2.24, 2.45) is 5.92 Å². The van der Waals surface area contributed by atoms with E-state index in [1.54, 1.807) is 6.07 Å². The molecule has 0 radical (unpaired) electrons. The van der Waals surface area contributed by atoms with Crippen molar-refractivity contribution in [3.05, 3.63) is 72.0 Å². The number of furan rings is 1. The van der Waals surface area contributed by atoms with E-state index in [0.717, 1.165) is 23.0 Å². The highest BCUT2D eigenvalue weighted by Gasteiger charge is 2.19. The molecule has 1 aromatic heterocycles. The lowest BCUT2D eigenvalue weighted by molar-refractivity contribution is 0.0906. The highest BCUT2D eigenvalue weighted by Crippen LogP contribution is 2.23. The van der Waals surface area contributed by atoms with Crippen LogP contribution in [0.25, 0.3) is 11.0 Å². The van der Waals surface area contributed by atoms with Crippen molar-refractivity contribution in [2.45, 2.75) is 26.3 Å². The van der Waals surface area contributed by atoms with Crippen LogP contribution < -0.4 is 5.32 Å². The molecule has 0 unspecified atom stereocenters. The van der Waals surface area contributed by atoms with Gasteiger partial charge in [-0.1, -0.05) is 62.4 Å². The fourth-order valence-corrected chi connectivity index (χ4v) is 2.76. The van der Waals surface area contributed by atoms with Crippen LogP contribution in [0.5, 0.6) is 0 Å². The van der Waals surface area contributed by atoms with Crippen LogP contribution in [0.15, 0.2) is 65.1 Å². The zero-order valence-corrected chi connectivity index (χ0v) is 13.5. The van der Waals surface area contributed by atoms with Gasteiger partial charge < -0.3 is 9.73 Å². The summed E-state index contributed by atoms with van der Waals surface area (Å²) in [4.78, 5) is 12.6. The average molecular weight is 307 g/mol. The SMILES string of the molecule is CC(C)C[C@H](NC(=O)c1cc2ccccc2o1)c1ccccc1. The van der Waals surface area contributed by atoms with Crippen molar-refractivity contribution in [3.63, 3.8) is 0 Å². The summed E-state index contributed by atoms with van der Waals surface area (Å²) in [5.41, 5.74) is 1.85. The quantitative estimate of drug-likeness (QED) is 0.724. The van der Waals surface area contributed by atoms with Gasteiger partial charge in [0.2, 0.25) is 0 Å². The highest BCUT2D eigenvalue weighted by molar-refractivity contribution is 5.96. The van der Waals surface area contributed by atoms with E-state index in [1.165, 1.54) is 0 Å². The van der Waals surface area contributed by atoms with Crippen LogP contribution in [-0.2, 0) is 0 Å². The summed E-state index contributed by atoms with van der Waals surface area (Å²) in [7, 11) is 0. The third-order valence-electron chi connectivity index (χ3n) is 3.86. The number of fused-ring (bicyclic) bond motifs is 1. The Labute approximate surface area is 136 Å². The standard InChI is InChI=1S/C20H21NO2/c1-14(2)12-17(15-8-4-3-5-9-15)21-20(22)19-13-16-10-6-7-11-18(16)23-19/h3-11,13-14,17H,12H2,1-2H3,(H,21,22)/t17-/m0/s1. The minimum Gasteiger partial charge on any atom is -0.451 e. The Morgan fingerprint density at radius 3 is 2.43 bits per heavy atom. The van der Waals surface area contributed by atoms with E-state index in [4.69, 9.17) is 4.42 Å². The molecule has 0 spiro atoms. The predicted octanol–water partition coefficient (Wildman–Crippen LogP) is 4.95. The van der Waals surface area contributed by atoms with Crippen molar-refractivity contribution in [1.82, 2.24) is 5.32 Å². The molecular formula is C20H21NO2. The minimum atomic E-state index is -0.171. The Hall–Kier alpha value is -2.55. The molecule has 2 aromatic carbocycles. The Balaban J connectivity index is 1.82. The van der Waals surface area contributed by atoms with Crippen molar-refractivity contribution in [3.8, 4) is 0 Å². The Morgan fingerprint density at radius 1 is 1.04 bits per heavy atom. The molecule has 3 nitrogen and oxygen atoms in total. The van der Waals surface area contributed by atoms with Gasteiger partial charge in [0.15, 0.2) is 5.76 Å². The van der Waals surface area contributed by atoms with Crippen LogP contribution in [0.4, 0.5) is 0 Å². The van der Waals surface area contributed by atoms with Crippen LogP contribution in [0.3, 0.4) is 0 Å². The van der Waals surface area contributed by atoms with E-state index in [0.29, 0.717) is 11.7 Å². The van der Waals surface area contributed by atoms with E-state index in [9.17, 15) is 4.79 Å². The largest absolute Gasteiger partial charge is 0.451 e. The molecule has 0 saturated carbocycles. The Kier molecular flexibility index (Phi) is 4.47. The molecule has 1 atom stereocenters. The van der Waals surface area contributed by atoms with E-state index in [-0.39, 0.29) is 11.9 Å². The lowest BCUT2D eigenvalue weighted by atomic mass is 9.97. The van der Waals surface area contributed by atoms with Gasteiger partial charge in [0.1, 0.15) is 5.58 Å². The first-order chi connectivity index (χ1) is 11.1. The molecular weight excluding hydrogens is 286 g/mol. The zero-order chi connectivity index (χ0) is 16.2. The van der Waals surface area contributed by atoms with Gasteiger partial charge in [0.05, 0.1) is 6.04 Å². The van der Waals surface area contributed by atoms with Gasteiger partial charge in [-0.3, -0.25) is 4.79 Å². The maximum Gasteiger partial charge on any atom is 0.287 e. The fourth-order valence-electron chi connectivity index (χ4n) is 2.76. The summed E-state index contributed by atoms with van der Waals surface area (Å²) in [6, 6.07) is 19.5. The van der Waals surface area contributed by atoms with E-state index >= 15 is 0 Å². The molecule has 23 heavy (non-hydrogen) atoms. The summed E-state index contributed by atoms with van der Waals surface area (Å²) in [6.45, 7) is 4.31. The number of amides is 1. The number of hydrogen-bond acceptors (Lipinski definition) is 2. The Bertz CT molecular complexity index is 757. The third-order valence-corrected chi connectivity index (χ3v) is 3.86. The second-order valence-corrected chi connectivity index (χ2v) is 6.21. The highest BCUT2D eigenvalue weighted by atomic mass is 16.3. The first kappa shape index (κ1) is 15.3. The number of carbonyl (C=O) groups excluding carboxylic acids is 1. The molecule has 3 heteroatoms. The van der Waals surface area contributed by atoms with Crippen molar-refractivity contribution >= 4 is 16.9 Å². The molecule has 0 aliphatic rings. The smallest absolute Gasteiger partial charge is 0.287 e. The molecule has 1 N–H and O–H groups in total. The van der Waals surface area contributed by atoms with Gasteiger partial charge in [0, 0.05) is 5.39 Å². The molecule has 118 valence electrons. The molecule has 1 amide bonds. The molecule has 0 aliphatic heterocycles. The van der Waals surface area contributed by atoms with Crippen LogP contribution in [0.1, 0.15) is 42.4 Å². The number of benzene rings is 2. The summed E-state index contributed by atoms with van der Waals surface area (Å²) in [6.07, 6.45) is 0.885. The molecule has 0 bridgehead atoms. The molecule has 0 aliphatic carbocycles. The number of para-hydroxylation sites is 1. The second kappa shape index (κ2) is 6.69. The maximum atomic E-state index is 12.6. The first-order valence-electron chi connectivity index (χ1n) is 7.98. The summed E-state index contributed by atoms with van der Waals surface area (Å²) >= 11 is 0. The van der Waals surface area contributed by atoms with Crippen molar-refractivity contribution in [1.29, 1.82) is 0 Å². The van der Waals surface area contributed by atoms with Gasteiger partial charge in [-0.05, 0) is 30.0 Å². The van der Waals surface area contributed by atoms with Gasteiger partial charge in [-0.2, -0.15) is 0 Å². The third kappa shape index (κ3) is 3.62. The van der Waals surface area contributed by atoms with Crippen molar-refractivity contribution < 1.29 is 9.21 Å². The average Bonchev–Trinajstić information content (AvgIpc) is 2.99. The number of carbonyl (C=O) groups is 1. The minimum absolute atomic E-state index is 0.0167. The number of hydrogen-bond donors (Lipinski definition) is 1. The number of nitrogens with one attached hydrogen (secondary N) is 1. The molecule has 3 rings (SSSR count). The van der Waals surface area contributed by atoms with E-state index < -0.39 is 0 Å². The van der Waals surface area contributed by atoms with Crippen LogP contribution in [-0.4, -0.2) is 5.91 Å². The van der Waals surface area contributed by atoms with Gasteiger partial charge >= 0.3 is 0 Å². The van der Waals surface area contributed by atoms with Crippen LogP contribution >= 0.6 is 0 Å². The molecule has 0 fully saturated rings. The summed E-state index contributed by atoms with van der Waals surface area (Å²) in [5, 5.41) is 4.05. The van der Waals surface area contributed by atoms with E-state index in [1.807, 2.05) is 54.6 Å². The van der Waals surface area contributed by atoms with Crippen LogP contribution in [0.2, 0.25) is 0 Å². The normalized spacial score (nSPS) is 12.5. The molecule has 0 saturated heterocycles. The topological polar surface area (TPSA) is 42.2 Å². The van der Waals surface area contributed by atoms with Crippen LogP contribution in [0, 0.1) is 5.92 Å². The first-order valence-corrected chi connectivity index (χ1v) is 7.98. The second-order valence-electron chi connectivity index (χ2n) is 6.21. The fraction of sp³-hybridized carbons (Fsp3) is 0.250. The van der Waals surface area contributed by atoms with Crippen molar-refractivity contribution in [2.75, 3.05) is 0 Å².